The lowest BCUT2D eigenvalue weighted by molar-refractivity contribution is -0.121. The van der Waals surface area contributed by atoms with Crippen molar-refractivity contribution >= 4 is 5.91 Å². The van der Waals surface area contributed by atoms with Crippen molar-refractivity contribution in [3.05, 3.63) is 0 Å². The number of hydrogen-bond donors (Lipinski definition) is 2. The average Bonchev–Trinajstić information content (AvgIpc) is 2.77. The summed E-state index contributed by atoms with van der Waals surface area (Å²) in [5.41, 5.74) is 0. The standard InChI is InChI=1S/C18H34N2O/c1-2-17(15-10-6-5-7-11-15)19-14-18(21)20-16-12-8-3-4-9-13-16/h15-17,19H,2-14H2,1H3,(H,20,21). The first kappa shape index (κ1) is 16.8. The van der Waals surface area contributed by atoms with Gasteiger partial charge in [-0.2, -0.15) is 0 Å². The Kier molecular flexibility index (Phi) is 7.56. The minimum atomic E-state index is 0.205. The highest BCUT2D eigenvalue weighted by Gasteiger charge is 2.23. The topological polar surface area (TPSA) is 41.1 Å². The predicted octanol–water partition coefficient (Wildman–Crippen LogP) is 3.77. The van der Waals surface area contributed by atoms with Crippen LogP contribution in [0, 0.1) is 5.92 Å². The molecule has 0 aromatic rings. The number of carbonyl (C=O) groups excluding carboxylic acids is 1. The Morgan fingerprint density at radius 2 is 1.52 bits per heavy atom. The van der Waals surface area contributed by atoms with Gasteiger partial charge in [0, 0.05) is 12.1 Å². The normalized spacial score (nSPS) is 23.5. The number of hydrogen-bond acceptors (Lipinski definition) is 2. The van der Waals surface area contributed by atoms with Gasteiger partial charge < -0.3 is 10.6 Å². The quantitative estimate of drug-likeness (QED) is 0.732. The smallest absolute Gasteiger partial charge is 0.234 e. The van der Waals surface area contributed by atoms with Crippen molar-refractivity contribution in [3.8, 4) is 0 Å². The zero-order chi connectivity index (χ0) is 14.9. The third kappa shape index (κ3) is 5.98. The molecule has 2 fully saturated rings. The molecule has 0 heterocycles. The number of rotatable bonds is 6. The van der Waals surface area contributed by atoms with E-state index in [1.807, 2.05) is 0 Å². The lowest BCUT2D eigenvalue weighted by Gasteiger charge is -2.30. The zero-order valence-corrected chi connectivity index (χ0v) is 13.8. The van der Waals surface area contributed by atoms with Crippen LogP contribution < -0.4 is 10.6 Å². The van der Waals surface area contributed by atoms with Crippen LogP contribution in [0.1, 0.15) is 84.0 Å². The van der Waals surface area contributed by atoms with E-state index in [0.717, 1.165) is 12.3 Å². The van der Waals surface area contributed by atoms with E-state index in [4.69, 9.17) is 0 Å². The monoisotopic (exact) mass is 294 g/mol. The van der Waals surface area contributed by atoms with Crippen LogP contribution in [0.4, 0.5) is 0 Å². The zero-order valence-electron chi connectivity index (χ0n) is 13.8. The van der Waals surface area contributed by atoms with E-state index in [1.165, 1.54) is 70.6 Å². The molecule has 0 saturated heterocycles. The third-order valence-corrected chi connectivity index (χ3v) is 5.40. The molecule has 2 N–H and O–H groups in total. The Morgan fingerprint density at radius 1 is 0.952 bits per heavy atom. The molecule has 3 heteroatoms. The Morgan fingerprint density at radius 3 is 2.14 bits per heavy atom. The van der Waals surface area contributed by atoms with Crippen LogP contribution in [0.3, 0.4) is 0 Å². The maximum Gasteiger partial charge on any atom is 0.234 e. The van der Waals surface area contributed by atoms with Gasteiger partial charge in [-0.25, -0.2) is 0 Å². The summed E-state index contributed by atoms with van der Waals surface area (Å²) < 4.78 is 0. The summed E-state index contributed by atoms with van der Waals surface area (Å²) in [5, 5.41) is 6.77. The molecule has 21 heavy (non-hydrogen) atoms. The number of carbonyl (C=O) groups is 1. The van der Waals surface area contributed by atoms with Crippen LogP contribution in [-0.2, 0) is 4.79 Å². The molecule has 1 atom stereocenters. The average molecular weight is 294 g/mol. The molecule has 2 rings (SSSR count). The first-order valence-corrected chi connectivity index (χ1v) is 9.32. The molecule has 2 aliphatic rings. The molecule has 1 unspecified atom stereocenters. The molecule has 1 amide bonds. The first-order valence-electron chi connectivity index (χ1n) is 9.32. The molecule has 0 radical (unpaired) electrons. The van der Waals surface area contributed by atoms with Gasteiger partial charge >= 0.3 is 0 Å². The lowest BCUT2D eigenvalue weighted by atomic mass is 9.83. The minimum absolute atomic E-state index is 0.205. The van der Waals surface area contributed by atoms with Crippen molar-refractivity contribution in [2.75, 3.05) is 6.54 Å². The van der Waals surface area contributed by atoms with Gasteiger partial charge in [0.25, 0.3) is 0 Å². The fraction of sp³-hybridized carbons (Fsp3) is 0.944. The molecule has 0 spiro atoms. The second-order valence-corrected chi connectivity index (χ2v) is 7.05. The van der Waals surface area contributed by atoms with Crippen molar-refractivity contribution in [3.63, 3.8) is 0 Å². The van der Waals surface area contributed by atoms with Gasteiger partial charge in [-0.1, -0.05) is 51.9 Å². The van der Waals surface area contributed by atoms with Gasteiger partial charge in [0.15, 0.2) is 0 Å². The summed E-state index contributed by atoms with van der Waals surface area (Å²) >= 11 is 0. The largest absolute Gasteiger partial charge is 0.352 e. The Hall–Kier alpha value is -0.570. The van der Waals surface area contributed by atoms with Crippen molar-refractivity contribution in [1.29, 1.82) is 0 Å². The van der Waals surface area contributed by atoms with Crippen LogP contribution in [0.2, 0.25) is 0 Å². The van der Waals surface area contributed by atoms with E-state index in [0.29, 0.717) is 18.6 Å². The Balaban J connectivity index is 1.68. The maximum absolute atomic E-state index is 12.2. The summed E-state index contributed by atoms with van der Waals surface area (Å²) in [7, 11) is 0. The SMILES string of the molecule is CCC(NCC(=O)NC1CCCCCC1)C1CCCCC1. The van der Waals surface area contributed by atoms with Gasteiger partial charge in [0.2, 0.25) is 5.91 Å². The van der Waals surface area contributed by atoms with Crippen molar-refractivity contribution in [2.24, 2.45) is 5.92 Å². The second-order valence-electron chi connectivity index (χ2n) is 7.05. The van der Waals surface area contributed by atoms with Crippen molar-refractivity contribution in [2.45, 2.75) is 96.1 Å². The van der Waals surface area contributed by atoms with Gasteiger partial charge in [0.1, 0.15) is 0 Å². The van der Waals surface area contributed by atoms with Crippen molar-refractivity contribution in [1.82, 2.24) is 10.6 Å². The van der Waals surface area contributed by atoms with E-state index >= 15 is 0 Å². The summed E-state index contributed by atoms with van der Waals surface area (Å²) in [5.74, 6) is 0.991. The fourth-order valence-corrected chi connectivity index (χ4v) is 4.11. The van der Waals surface area contributed by atoms with Crippen LogP contribution in [0.5, 0.6) is 0 Å². The molecule has 2 saturated carbocycles. The molecule has 0 aromatic heterocycles. The van der Waals surface area contributed by atoms with Gasteiger partial charge in [-0.05, 0) is 38.0 Å². The van der Waals surface area contributed by atoms with Crippen LogP contribution in [-0.4, -0.2) is 24.5 Å². The van der Waals surface area contributed by atoms with Gasteiger partial charge in [-0.3, -0.25) is 4.79 Å². The van der Waals surface area contributed by atoms with E-state index in [1.54, 1.807) is 0 Å². The third-order valence-electron chi connectivity index (χ3n) is 5.40. The van der Waals surface area contributed by atoms with E-state index < -0.39 is 0 Å². The highest BCUT2D eigenvalue weighted by atomic mass is 16.1. The highest BCUT2D eigenvalue weighted by molar-refractivity contribution is 5.78. The first-order chi connectivity index (χ1) is 10.3. The number of nitrogens with one attached hydrogen (secondary N) is 2. The second kappa shape index (κ2) is 9.45. The number of amides is 1. The lowest BCUT2D eigenvalue weighted by Crippen LogP contribution is -2.45. The Labute approximate surface area is 130 Å². The highest BCUT2D eigenvalue weighted by Crippen LogP contribution is 2.27. The molecule has 0 aromatic carbocycles. The molecule has 122 valence electrons. The summed E-state index contributed by atoms with van der Waals surface area (Å²) in [6.45, 7) is 2.75. The summed E-state index contributed by atoms with van der Waals surface area (Å²) in [4.78, 5) is 12.2. The van der Waals surface area contributed by atoms with E-state index in [9.17, 15) is 4.79 Å². The van der Waals surface area contributed by atoms with E-state index in [-0.39, 0.29) is 5.91 Å². The minimum Gasteiger partial charge on any atom is -0.352 e. The molecule has 0 aliphatic heterocycles. The Bertz CT molecular complexity index is 292. The van der Waals surface area contributed by atoms with Crippen LogP contribution >= 0.6 is 0 Å². The summed E-state index contributed by atoms with van der Waals surface area (Å²) in [6.07, 6.45) is 15.5. The molecule has 3 nitrogen and oxygen atoms in total. The van der Waals surface area contributed by atoms with Gasteiger partial charge in [-0.15, -0.1) is 0 Å². The molecule has 2 aliphatic carbocycles. The van der Waals surface area contributed by atoms with E-state index in [2.05, 4.69) is 17.6 Å². The summed E-state index contributed by atoms with van der Waals surface area (Å²) in [6, 6.07) is 0.960. The molecular weight excluding hydrogens is 260 g/mol. The predicted molar refractivity (Wildman–Crippen MR) is 88.3 cm³/mol. The maximum atomic E-state index is 12.2. The molecular formula is C18H34N2O. The molecule has 0 bridgehead atoms. The van der Waals surface area contributed by atoms with Crippen LogP contribution in [0.15, 0.2) is 0 Å². The van der Waals surface area contributed by atoms with Gasteiger partial charge in [0.05, 0.1) is 6.54 Å². The fourth-order valence-electron chi connectivity index (χ4n) is 4.11. The van der Waals surface area contributed by atoms with Crippen molar-refractivity contribution < 1.29 is 4.79 Å². The van der Waals surface area contributed by atoms with Crippen LogP contribution in [0.25, 0.3) is 0 Å².